The normalized spacial score (nSPS) is 11.3. The van der Waals surface area contributed by atoms with Crippen LogP contribution in [0.4, 0.5) is 11.5 Å². The van der Waals surface area contributed by atoms with Crippen molar-refractivity contribution >= 4 is 21.5 Å². The maximum Gasteiger partial charge on any atom is 0.270 e. The number of anilines is 1. The lowest BCUT2D eigenvalue weighted by molar-refractivity contribution is -0.385. The number of nitro benzene ring substituents is 1. The zero-order chi connectivity index (χ0) is 18.7. The van der Waals surface area contributed by atoms with E-state index in [-0.39, 0.29) is 16.4 Å². The molecule has 0 saturated carbocycles. The number of nitro groups is 1. The van der Waals surface area contributed by atoms with Crippen molar-refractivity contribution in [1.82, 2.24) is 14.8 Å². The third kappa shape index (κ3) is 3.86. The SMILES string of the molecule is Cc1ccc([N+](=O)[O-])cc1S(=O)(=O)Nc1ccn(Cc2ccccn2)n1. The first-order chi connectivity index (χ1) is 12.3. The van der Waals surface area contributed by atoms with E-state index >= 15 is 0 Å². The molecule has 0 amide bonds. The van der Waals surface area contributed by atoms with Crippen molar-refractivity contribution in [2.24, 2.45) is 0 Å². The number of nitrogens with zero attached hydrogens (tertiary/aromatic N) is 4. The fraction of sp³-hybridized carbons (Fsp3) is 0.125. The molecule has 0 unspecified atom stereocenters. The lowest BCUT2D eigenvalue weighted by Crippen LogP contribution is -2.15. The number of nitrogens with one attached hydrogen (secondary N) is 1. The first-order valence-corrected chi connectivity index (χ1v) is 9.05. The Kier molecular flexibility index (Phi) is 4.67. The van der Waals surface area contributed by atoms with Crippen LogP contribution >= 0.6 is 0 Å². The van der Waals surface area contributed by atoms with Crippen LogP contribution in [-0.4, -0.2) is 28.1 Å². The summed E-state index contributed by atoms with van der Waals surface area (Å²) in [4.78, 5) is 14.3. The van der Waals surface area contributed by atoms with Gasteiger partial charge in [0.15, 0.2) is 5.82 Å². The van der Waals surface area contributed by atoms with E-state index < -0.39 is 14.9 Å². The van der Waals surface area contributed by atoms with Crippen LogP contribution in [-0.2, 0) is 16.6 Å². The second-order valence-electron chi connectivity index (χ2n) is 5.53. The first-order valence-electron chi connectivity index (χ1n) is 7.56. The van der Waals surface area contributed by atoms with Gasteiger partial charge in [0.2, 0.25) is 0 Å². The first kappa shape index (κ1) is 17.5. The molecule has 9 nitrogen and oxygen atoms in total. The van der Waals surface area contributed by atoms with Gasteiger partial charge in [-0.05, 0) is 24.6 Å². The van der Waals surface area contributed by atoms with Crippen LogP contribution in [0.5, 0.6) is 0 Å². The van der Waals surface area contributed by atoms with Crippen LogP contribution in [0.25, 0.3) is 0 Å². The van der Waals surface area contributed by atoms with E-state index in [1.165, 1.54) is 18.2 Å². The summed E-state index contributed by atoms with van der Waals surface area (Å²) in [6.07, 6.45) is 3.28. The number of pyridine rings is 1. The van der Waals surface area contributed by atoms with E-state index in [2.05, 4.69) is 14.8 Å². The number of aryl methyl sites for hydroxylation is 1. The Morgan fingerprint density at radius 1 is 1.23 bits per heavy atom. The Labute approximate surface area is 149 Å². The summed E-state index contributed by atoms with van der Waals surface area (Å²) in [6, 6.07) is 10.7. The van der Waals surface area contributed by atoms with Crippen molar-refractivity contribution in [2.45, 2.75) is 18.4 Å². The summed E-state index contributed by atoms with van der Waals surface area (Å²) >= 11 is 0. The van der Waals surface area contributed by atoms with Gasteiger partial charge in [0.05, 0.1) is 22.1 Å². The number of rotatable bonds is 6. The topological polar surface area (TPSA) is 120 Å². The molecule has 0 radical (unpaired) electrons. The summed E-state index contributed by atoms with van der Waals surface area (Å²) < 4.78 is 29.0. The second kappa shape index (κ2) is 6.92. The third-order valence-corrected chi connectivity index (χ3v) is 5.10. The van der Waals surface area contributed by atoms with Gasteiger partial charge >= 0.3 is 0 Å². The molecular formula is C16H15N5O4S. The van der Waals surface area contributed by atoms with Gasteiger partial charge in [0.25, 0.3) is 15.7 Å². The van der Waals surface area contributed by atoms with Gasteiger partial charge < -0.3 is 0 Å². The zero-order valence-corrected chi connectivity index (χ0v) is 14.5. The highest BCUT2D eigenvalue weighted by molar-refractivity contribution is 7.92. The Morgan fingerprint density at radius 2 is 2.04 bits per heavy atom. The highest BCUT2D eigenvalue weighted by Gasteiger charge is 2.21. The van der Waals surface area contributed by atoms with Gasteiger partial charge in [0, 0.05) is 30.6 Å². The fourth-order valence-corrected chi connectivity index (χ4v) is 3.61. The van der Waals surface area contributed by atoms with Gasteiger partial charge in [0.1, 0.15) is 0 Å². The molecule has 3 rings (SSSR count). The quantitative estimate of drug-likeness (QED) is 0.523. The average Bonchev–Trinajstić information content (AvgIpc) is 3.02. The summed E-state index contributed by atoms with van der Waals surface area (Å²) in [6.45, 7) is 1.95. The standard InChI is InChI=1S/C16H15N5O4S/c1-12-5-6-14(21(22)23)10-15(12)26(24,25)19-16-7-9-20(18-16)11-13-4-2-3-8-17-13/h2-10H,11H2,1H3,(H,18,19). The van der Waals surface area contributed by atoms with Crippen LogP contribution in [0, 0.1) is 17.0 Å². The molecule has 0 fully saturated rings. The maximum atomic E-state index is 12.6. The predicted octanol–water partition coefficient (Wildman–Crippen LogP) is 2.34. The number of hydrogen-bond donors (Lipinski definition) is 1. The molecule has 26 heavy (non-hydrogen) atoms. The van der Waals surface area contributed by atoms with Crippen molar-refractivity contribution in [3.05, 3.63) is 76.2 Å². The molecular weight excluding hydrogens is 358 g/mol. The lowest BCUT2D eigenvalue weighted by Gasteiger charge is -2.08. The number of sulfonamides is 1. The summed E-state index contributed by atoms with van der Waals surface area (Å²) in [5, 5.41) is 15.1. The molecule has 0 aliphatic heterocycles. The minimum absolute atomic E-state index is 0.117. The molecule has 2 heterocycles. The van der Waals surface area contributed by atoms with E-state index in [1.54, 1.807) is 30.1 Å². The third-order valence-electron chi connectivity index (χ3n) is 3.60. The van der Waals surface area contributed by atoms with E-state index in [9.17, 15) is 18.5 Å². The monoisotopic (exact) mass is 373 g/mol. The molecule has 1 aromatic carbocycles. The van der Waals surface area contributed by atoms with E-state index in [1.807, 2.05) is 12.1 Å². The van der Waals surface area contributed by atoms with Crippen molar-refractivity contribution in [1.29, 1.82) is 0 Å². The molecule has 0 saturated heterocycles. The van der Waals surface area contributed by atoms with Gasteiger partial charge in [-0.1, -0.05) is 12.1 Å². The van der Waals surface area contributed by atoms with Gasteiger partial charge in [-0.2, -0.15) is 5.10 Å². The molecule has 0 atom stereocenters. The number of aromatic nitrogens is 3. The Balaban J connectivity index is 1.82. The molecule has 134 valence electrons. The molecule has 3 aromatic rings. The highest BCUT2D eigenvalue weighted by atomic mass is 32.2. The van der Waals surface area contributed by atoms with Gasteiger partial charge in [-0.15, -0.1) is 0 Å². The van der Waals surface area contributed by atoms with Crippen LogP contribution in [0.1, 0.15) is 11.3 Å². The van der Waals surface area contributed by atoms with E-state index in [0.29, 0.717) is 12.1 Å². The van der Waals surface area contributed by atoms with Crippen molar-refractivity contribution in [2.75, 3.05) is 4.72 Å². The van der Waals surface area contributed by atoms with Gasteiger partial charge in [-0.25, -0.2) is 8.42 Å². The van der Waals surface area contributed by atoms with Gasteiger partial charge in [-0.3, -0.25) is 24.5 Å². The summed E-state index contributed by atoms with van der Waals surface area (Å²) in [7, 11) is -4.01. The largest absolute Gasteiger partial charge is 0.270 e. The molecule has 0 aliphatic rings. The minimum Gasteiger partial charge on any atom is -0.265 e. The lowest BCUT2D eigenvalue weighted by atomic mass is 10.2. The second-order valence-corrected chi connectivity index (χ2v) is 7.18. The number of hydrogen-bond acceptors (Lipinski definition) is 6. The van der Waals surface area contributed by atoms with Crippen LogP contribution in [0.2, 0.25) is 0 Å². The fourth-order valence-electron chi connectivity index (χ4n) is 2.35. The minimum atomic E-state index is -4.01. The molecule has 2 aromatic heterocycles. The zero-order valence-electron chi connectivity index (χ0n) is 13.7. The molecule has 10 heteroatoms. The number of benzene rings is 1. The van der Waals surface area contributed by atoms with E-state index in [0.717, 1.165) is 11.8 Å². The van der Waals surface area contributed by atoms with Crippen molar-refractivity contribution in [3.63, 3.8) is 0 Å². The molecule has 0 spiro atoms. The highest BCUT2D eigenvalue weighted by Crippen LogP contribution is 2.23. The Hall–Kier alpha value is -3.27. The molecule has 1 N–H and O–H groups in total. The van der Waals surface area contributed by atoms with Crippen LogP contribution in [0.15, 0.2) is 59.8 Å². The smallest absolute Gasteiger partial charge is 0.265 e. The number of non-ortho nitro benzene ring substituents is 1. The van der Waals surface area contributed by atoms with Crippen molar-refractivity contribution < 1.29 is 13.3 Å². The average molecular weight is 373 g/mol. The predicted molar refractivity (Wildman–Crippen MR) is 94.2 cm³/mol. The summed E-state index contributed by atoms with van der Waals surface area (Å²) in [5.74, 6) is 0.117. The van der Waals surface area contributed by atoms with Crippen molar-refractivity contribution in [3.8, 4) is 0 Å². The molecule has 0 aliphatic carbocycles. The Morgan fingerprint density at radius 3 is 2.73 bits per heavy atom. The summed E-state index contributed by atoms with van der Waals surface area (Å²) in [5.41, 5.74) is 0.882. The Bertz CT molecular complexity index is 1050. The maximum absolute atomic E-state index is 12.6. The van der Waals surface area contributed by atoms with Crippen LogP contribution in [0.3, 0.4) is 0 Å². The molecule has 0 bridgehead atoms. The van der Waals surface area contributed by atoms with E-state index in [4.69, 9.17) is 0 Å². The van der Waals surface area contributed by atoms with Crippen LogP contribution < -0.4 is 4.72 Å².